The van der Waals surface area contributed by atoms with Gasteiger partial charge in [-0.2, -0.15) is 0 Å². The molecule has 0 heterocycles. The highest BCUT2D eigenvalue weighted by Gasteiger charge is 2.21. The SMILES string of the molecule is CCOC(=O)[C@@H](Nc1ccc(C)cc1)c1ccccc1. The first-order chi connectivity index (χ1) is 9.70. The van der Waals surface area contributed by atoms with Gasteiger partial charge in [-0.15, -0.1) is 0 Å². The largest absolute Gasteiger partial charge is 0.464 e. The average Bonchev–Trinajstić information content (AvgIpc) is 2.48. The summed E-state index contributed by atoms with van der Waals surface area (Å²) in [5.41, 5.74) is 2.98. The maximum absolute atomic E-state index is 12.1. The van der Waals surface area contributed by atoms with Crippen LogP contribution >= 0.6 is 0 Å². The lowest BCUT2D eigenvalue weighted by atomic mass is 10.1. The molecule has 3 heteroatoms. The van der Waals surface area contributed by atoms with Gasteiger partial charge < -0.3 is 10.1 Å². The van der Waals surface area contributed by atoms with Crippen molar-refractivity contribution in [2.45, 2.75) is 19.9 Å². The lowest BCUT2D eigenvalue weighted by molar-refractivity contribution is -0.144. The molecule has 0 saturated carbocycles. The fraction of sp³-hybridized carbons (Fsp3) is 0.235. The Kier molecular flexibility index (Phi) is 4.77. The minimum Gasteiger partial charge on any atom is -0.464 e. The zero-order valence-electron chi connectivity index (χ0n) is 11.8. The number of nitrogens with one attached hydrogen (secondary N) is 1. The van der Waals surface area contributed by atoms with Crippen molar-refractivity contribution >= 4 is 11.7 Å². The fourth-order valence-corrected chi connectivity index (χ4v) is 1.97. The highest BCUT2D eigenvalue weighted by molar-refractivity contribution is 5.81. The molecule has 0 fully saturated rings. The van der Waals surface area contributed by atoms with Gasteiger partial charge in [0.1, 0.15) is 0 Å². The predicted octanol–water partition coefficient (Wildman–Crippen LogP) is 3.71. The van der Waals surface area contributed by atoms with Gasteiger partial charge >= 0.3 is 5.97 Å². The number of carbonyl (C=O) groups is 1. The number of aryl methyl sites for hydroxylation is 1. The Labute approximate surface area is 119 Å². The van der Waals surface area contributed by atoms with E-state index in [9.17, 15) is 4.79 Å². The minimum atomic E-state index is -0.487. The van der Waals surface area contributed by atoms with Crippen LogP contribution in [-0.4, -0.2) is 12.6 Å². The average molecular weight is 269 g/mol. The van der Waals surface area contributed by atoms with E-state index in [1.54, 1.807) is 0 Å². The van der Waals surface area contributed by atoms with E-state index in [0.717, 1.165) is 11.3 Å². The molecular weight excluding hydrogens is 250 g/mol. The molecule has 0 saturated heterocycles. The number of benzene rings is 2. The Morgan fingerprint density at radius 2 is 1.75 bits per heavy atom. The lowest BCUT2D eigenvalue weighted by Gasteiger charge is -2.19. The molecular formula is C17H19NO2. The Bertz CT molecular complexity index is 549. The third-order valence-electron chi connectivity index (χ3n) is 3.02. The normalized spacial score (nSPS) is 11.7. The number of esters is 1. The predicted molar refractivity (Wildman–Crippen MR) is 80.6 cm³/mol. The van der Waals surface area contributed by atoms with Crippen LogP contribution in [0.5, 0.6) is 0 Å². The van der Waals surface area contributed by atoms with Crippen molar-refractivity contribution in [2.75, 3.05) is 11.9 Å². The van der Waals surface area contributed by atoms with Gasteiger partial charge in [-0.25, -0.2) is 4.79 Å². The Balaban J connectivity index is 2.23. The number of ether oxygens (including phenoxy) is 1. The molecule has 2 aromatic rings. The van der Waals surface area contributed by atoms with E-state index >= 15 is 0 Å². The summed E-state index contributed by atoms with van der Waals surface area (Å²) >= 11 is 0. The molecule has 0 amide bonds. The van der Waals surface area contributed by atoms with Crippen LogP contribution in [-0.2, 0) is 9.53 Å². The summed E-state index contributed by atoms with van der Waals surface area (Å²) in [4.78, 5) is 12.1. The van der Waals surface area contributed by atoms with E-state index in [1.807, 2.05) is 68.4 Å². The van der Waals surface area contributed by atoms with E-state index < -0.39 is 6.04 Å². The topological polar surface area (TPSA) is 38.3 Å². The molecule has 0 aliphatic heterocycles. The summed E-state index contributed by atoms with van der Waals surface area (Å²) in [6.07, 6.45) is 0. The van der Waals surface area contributed by atoms with Gasteiger partial charge in [0.2, 0.25) is 0 Å². The number of anilines is 1. The maximum atomic E-state index is 12.1. The first-order valence-corrected chi connectivity index (χ1v) is 6.75. The quantitative estimate of drug-likeness (QED) is 0.841. The minimum absolute atomic E-state index is 0.265. The second-order valence-corrected chi connectivity index (χ2v) is 4.61. The highest BCUT2D eigenvalue weighted by Crippen LogP contribution is 2.21. The van der Waals surface area contributed by atoms with Gasteiger partial charge in [-0.3, -0.25) is 0 Å². The van der Waals surface area contributed by atoms with E-state index in [1.165, 1.54) is 5.56 Å². The molecule has 3 nitrogen and oxygen atoms in total. The first kappa shape index (κ1) is 14.1. The van der Waals surface area contributed by atoms with E-state index in [4.69, 9.17) is 4.74 Å². The van der Waals surface area contributed by atoms with Crippen LogP contribution in [0.4, 0.5) is 5.69 Å². The summed E-state index contributed by atoms with van der Waals surface area (Å²) in [5.74, 6) is -0.265. The summed E-state index contributed by atoms with van der Waals surface area (Å²) in [5, 5.41) is 3.23. The molecule has 1 atom stereocenters. The molecule has 0 bridgehead atoms. The molecule has 0 aliphatic rings. The van der Waals surface area contributed by atoms with Crippen molar-refractivity contribution in [2.24, 2.45) is 0 Å². The number of carbonyl (C=O) groups excluding carboxylic acids is 1. The van der Waals surface area contributed by atoms with E-state index in [-0.39, 0.29) is 5.97 Å². The monoisotopic (exact) mass is 269 g/mol. The van der Waals surface area contributed by atoms with Crippen LogP contribution in [0, 0.1) is 6.92 Å². The second kappa shape index (κ2) is 6.75. The molecule has 104 valence electrons. The van der Waals surface area contributed by atoms with Gasteiger partial charge in [0, 0.05) is 5.69 Å². The number of rotatable bonds is 5. The number of hydrogen-bond donors (Lipinski definition) is 1. The van der Waals surface area contributed by atoms with Crippen LogP contribution in [0.15, 0.2) is 54.6 Å². The molecule has 20 heavy (non-hydrogen) atoms. The van der Waals surface area contributed by atoms with Crippen LogP contribution in [0.3, 0.4) is 0 Å². The molecule has 0 aromatic heterocycles. The van der Waals surface area contributed by atoms with E-state index in [0.29, 0.717) is 6.61 Å². The first-order valence-electron chi connectivity index (χ1n) is 6.75. The van der Waals surface area contributed by atoms with Crippen molar-refractivity contribution < 1.29 is 9.53 Å². The number of hydrogen-bond acceptors (Lipinski definition) is 3. The van der Waals surface area contributed by atoms with Crippen molar-refractivity contribution in [3.63, 3.8) is 0 Å². The van der Waals surface area contributed by atoms with Gasteiger partial charge in [-0.05, 0) is 31.5 Å². The van der Waals surface area contributed by atoms with Crippen LogP contribution < -0.4 is 5.32 Å². The molecule has 0 spiro atoms. The third kappa shape index (κ3) is 3.60. The summed E-state index contributed by atoms with van der Waals surface area (Å²) in [6, 6.07) is 17.1. The molecule has 1 N–H and O–H groups in total. The molecule has 0 aliphatic carbocycles. The smallest absolute Gasteiger partial charge is 0.333 e. The van der Waals surface area contributed by atoms with Crippen LogP contribution in [0.25, 0.3) is 0 Å². The molecule has 2 aromatic carbocycles. The zero-order chi connectivity index (χ0) is 14.4. The summed E-state index contributed by atoms with van der Waals surface area (Å²) in [7, 11) is 0. The standard InChI is InChI=1S/C17H19NO2/c1-3-20-17(19)16(14-7-5-4-6-8-14)18-15-11-9-13(2)10-12-15/h4-12,16,18H,3H2,1-2H3/t16-/m0/s1. The van der Waals surface area contributed by atoms with Crippen molar-refractivity contribution in [1.82, 2.24) is 0 Å². The molecule has 2 rings (SSSR count). The third-order valence-corrected chi connectivity index (χ3v) is 3.02. The van der Waals surface area contributed by atoms with Crippen LogP contribution in [0.2, 0.25) is 0 Å². The Hall–Kier alpha value is -2.29. The zero-order valence-corrected chi connectivity index (χ0v) is 11.8. The Morgan fingerprint density at radius 1 is 1.10 bits per heavy atom. The van der Waals surface area contributed by atoms with E-state index in [2.05, 4.69) is 5.32 Å². The summed E-state index contributed by atoms with van der Waals surface area (Å²) < 4.78 is 5.15. The Morgan fingerprint density at radius 3 is 2.35 bits per heavy atom. The van der Waals surface area contributed by atoms with Crippen LogP contribution in [0.1, 0.15) is 24.1 Å². The van der Waals surface area contributed by atoms with Gasteiger partial charge in [-0.1, -0.05) is 48.0 Å². The van der Waals surface area contributed by atoms with Crippen molar-refractivity contribution in [1.29, 1.82) is 0 Å². The van der Waals surface area contributed by atoms with Gasteiger partial charge in [0.05, 0.1) is 6.61 Å². The van der Waals surface area contributed by atoms with Crippen molar-refractivity contribution in [3.05, 3.63) is 65.7 Å². The second-order valence-electron chi connectivity index (χ2n) is 4.61. The van der Waals surface area contributed by atoms with Gasteiger partial charge in [0.25, 0.3) is 0 Å². The van der Waals surface area contributed by atoms with Crippen molar-refractivity contribution in [3.8, 4) is 0 Å². The van der Waals surface area contributed by atoms with Gasteiger partial charge in [0.15, 0.2) is 6.04 Å². The molecule has 0 unspecified atom stereocenters. The lowest BCUT2D eigenvalue weighted by Crippen LogP contribution is -2.23. The molecule has 0 radical (unpaired) electrons. The summed E-state index contributed by atoms with van der Waals surface area (Å²) in [6.45, 7) is 4.22. The highest BCUT2D eigenvalue weighted by atomic mass is 16.5. The fourth-order valence-electron chi connectivity index (χ4n) is 1.97. The maximum Gasteiger partial charge on any atom is 0.333 e.